The first-order valence-corrected chi connectivity index (χ1v) is 11.3. The number of aryl methyl sites for hydroxylation is 1. The number of hydrogen-bond donors (Lipinski definition) is 3. The Morgan fingerprint density at radius 1 is 1.33 bits per heavy atom. The first kappa shape index (κ1) is 23.5. The Hall–Kier alpha value is -4.20. The van der Waals surface area contributed by atoms with E-state index in [0.29, 0.717) is 0 Å². The van der Waals surface area contributed by atoms with Gasteiger partial charge >= 0.3 is 5.97 Å². The van der Waals surface area contributed by atoms with Crippen LogP contribution in [0, 0.1) is 11.7 Å². The van der Waals surface area contributed by atoms with E-state index in [1.807, 2.05) is 0 Å². The highest BCUT2D eigenvalue weighted by Gasteiger charge is 2.38. The highest BCUT2D eigenvalue weighted by atomic mass is 35.5. The van der Waals surface area contributed by atoms with E-state index in [9.17, 15) is 19.1 Å². The Morgan fingerprint density at radius 3 is 2.75 bits per heavy atom. The molecule has 0 radical (unpaired) electrons. The fourth-order valence-corrected chi connectivity index (χ4v) is 4.52. The van der Waals surface area contributed by atoms with Crippen LogP contribution >= 0.6 is 11.6 Å². The maximum absolute atomic E-state index is 14.7. The van der Waals surface area contributed by atoms with Gasteiger partial charge in [-0.1, -0.05) is 11.6 Å². The van der Waals surface area contributed by atoms with Crippen molar-refractivity contribution in [1.82, 2.24) is 39.7 Å². The van der Waals surface area contributed by atoms with E-state index in [0.717, 1.165) is 6.07 Å². The molecule has 1 aliphatic carbocycles. The summed E-state index contributed by atoms with van der Waals surface area (Å²) in [6.45, 7) is 1.70. The van der Waals surface area contributed by atoms with Crippen LogP contribution in [0.4, 0.5) is 16.0 Å². The van der Waals surface area contributed by atoms with Gasteiger partial charge < -0.3 is 16.2 Å². The second-order valence-corrected chi connectivity index (χ2v) is 8.92. The SMILES string of the molecule is C[C@H](Nc1ncnc(N)c1-c1nnn(C)n1)c1nc2c(F)ccc(Cl)c2c(=O)n1C1CC(C(=O)O)C1. The molecule has 5 rings (SSSR count). The lowest BCUT2D eigenvalue weighted by Crippen LogP contribution is -2.40. The number of hydrogen-bond acceptors (Lipinski definition) is 10. The molecular weight excluding hydrogens is 495 g/mol. The Balaban J connectivity index is 1.63. The van der Waals surface area contributed by atoms with E-state index in [1.165, 1.54) is 21.8 Å². The lowest BCUT2D eigenvalue weighted by Gasteiger charge is -2.36. The molecule has 1 aliphatic rings. The molecule has 4 aromatic rings. The highest BCUT2D eigenvalue weighted by molar-refractivity contribution is 6.35. The van der Waals surface area contributed by atoms with Crippen LogP contribution in [-0.4, -0.2) is 50.8 Å². The number of carboxylic acid groups (broad SMARTS) is 1. The van der Waals surface area contributed by atoms with Crippen LogP contribution in [0.15, 0.2) is 23.3 Å². The Kier molecular flexibility index (Phi) is 5.74. The molecule has 1 atom stereocenters. The van der Waals surface area contributed by atoms with Crippen LogP contribution in [-0.2, 0) is 11.8 Å². The number of carboxylic acids is 1. The number of halogens is 2. The number of aromatic nitrogens is 8. The minimum Gasteiger partial charge on any atom is -0.481 e. The predicted molar refractivity (Wildman–Crippen MR) is 127 cm³/mol. The quantitative estimate of drug-likeness (QED) is 0.342. The van der Waals surface area contributed by atoms with Gasteiger partial charge in [-0.3, -0.25) is 14.2 Å². The number of fused-ring (bicyclic) bond motifs is 1. The molecule has 0 saturated heterocycles. The van der Waals surface area contributed by atoms with E-state index in [4.69, 9.17) is 17.3 Å². The lowest BCUT2D eigenvalue weighted by molar-refractivity contribution is -0.146. The summed E-state index contributed by atoms with van der Waals surface area (Å²) in [6.07, 6.45) is 1.70. The number of rotatable bonds is 6. The normalized spacial score (nSPS) is 18.1. The van der Waals surface area contributed by atoms with Gasteiger partial charge in [-0.25, -0.2) is 19.3 Å². The van der Waals surface area contributed by atoms with Gasteiger partial charge in [0.1, 0.15) is 40.7 Å². The monoisotopic (exact) mass is 514 g/mol. The molecule has 0 aliphatic heterocycles. The van der Waals surface area contributed by atoms with Gasteiger partial charge in [-0.15, -0.1) is 10.2 Å². The smallest absolute Gasteiger partial charge is 0.306 e. The van der Waals surface area contributed by atoms with Crippen LogP contribution in [0.1, 0.15) is 37.7 Å². The zero-order chi connectivity index (χ0) is 25.7. The minimum absolute atomic E-state index is 0.0542. The molecule has 186 valence electrons. The molecule has 13 nitrogen and oxygen atoms in total. The predicted octanol–water partition coefficient (Wildman–Crippen LogP) is 1.96. The number of tetrazole rings is 1. The molecule has 4 N–H and O–H groups in total. The van der Waals surface area contributed by atoms with Gasteiger partial charge in [-0.05, 0) is 37.1 Å². The molecule has 3 aromatic heterocycles. The second kappa shape index (κ2) is 8.78. The topological polar surface area (TPSA) is 180 Å². The maximum atomic E-state index is 14.7. The van der Waals surface area contributed by atoms with Crippen molar-refractivity contribution in [1.29, 1.82) is 0 Å². The van der Waals surface area contributed by atoms with Gasteiger partial charge in [0.2, 0.25) is 5.82 Å². The molecule has 3 heterocycles. The van der Waals surface area contributed by atoms with Gasteiger partial charge in [0.05, 0.1) is 29.4 Å². The lowest BCUT2D eigenvalue weighted by atomic mass is 9.80. The van der Waals surface area contributed by atoms with E-state index < -0.39 is 35.3 Å². The maximum Gasteiger partial charge on any atom is 0.306 e. The summed E-state index contributed by atoms with van der Waals surface area (Å²) in [4.78, 5) is 38.9. The number of nitrogens with two attached hydrogens (primary N) is 1. The number of nitrogens with one attached hydrogen (secondary N) is 1. The van der Waals surface area contributed by atoms with Crippen LogP contribution in [0.3, 0.4) is 0 Å². The van der Waals surface area contributed by atoms with E-state index >= 15 is 0 Å². The van der Waals surface area contributed by atoms with Crippen molar-refractivity contribution >= 4 is 40.1 Å². The van der Waals surface area contributed by atoms with Crippen molar-refractivity contribution in [3.63, 3.8) is 0 Å². The molecule has 0 amide bonds. The van der Waals surface area contributed by atoms with Crippen molar-refractivity contribution in [2.24, 2.45) is 13.0 Å². The second-order valence-electron chi connectivity index (χ2n) is 8.51. The number of aliphatic carboxylic acids is 1. The van der Waals surface area contributed by atoms with Crippen molar-refractivity contribution in [3.8, 4) is 11.4 Å². The summed E-state index contributed by atoms with van der Waals surface area (Å²) < 4.78 is 16.1. The van der Waals surface area contributed by atoms with Crippen LogP contribution in [0.2, 0.25) is 5.02 Å². The number of benzene rings is 1. The number of anilines is 2. The third-order valence-corrected chi connectivity index (χ3v) is 6.48. The molecule has 36 heavy (non-hydrogen) atoms. The largest absolute Gasteiger partial charge is 0.481 e. The molecule has 15 heteroatoms. The van der Waals surface area contributed by atoms with Crippen LogP contribution < -0.4 is 16.6 Å². The third-order valence-electron chi connectivity index (χ3n) is 6.16. The first-order valence-electron chi connectivity index (χ1n) is 10.9. The fourth-order valence-electron chi connectivity index (χ4n) is 4.29. The molecule has 1 fully saturated rings. The summed E-state index contributed by atoms with van der Waals surface area (Å²) in [7, 11) is 1.59. The van der Waals surface area contributed by atoms with Crippen molar-refractivity contribution in [2.45, 2.75) is 31.8 Å². The summed E-state index contributed by atoms with van der Waals surface area (Å²) in [5, 5.41) is 24.4. The summed E-state index contributed by atoms with van der Waals surface area (Å²) >= 11 is 6.24. The average molecular weight is 515 g/mol. The molecule has 0 unspecified atom stereocenters. The third kappa shape index (κ3) is 3.88. The van der Waals surface area contributed by atoms with E-state index in [-0.39, 0.29) is 57.6 Å². The standard InChI is InChI=1S/C21H20ClFN10O3/c1-8(27-17-14(16(24)25-7-26-17)18-29-31-32(2)30-18)19-28-15-12(23)4-3-11(22)13(15)20(34)33(19)10-5-9(6-10)21(35)36/h3-4,7-10H,5-6H2,1-2H3,(H,35,36)(H3,24,25,26,27)/t8-,9?,10?/m0/s1. The summed E-state index contributed by atoms with van der Waals surface area (Å²) in [5.74, 6) is -1.55. The fraction of sp³-hybridized carbons (Fsp3) is 0.333. The van der Waals surface area contributed by atoms with Crippen LogP contribution in [0.5, 0.6) is 0 Å². The zero-order valence-corrected chi connectivity index (χ0v) is 19.8. The zero-order valence-electron chi connectivity index (χ0n) is 19.1. The van der Waals surface area contributed by atoms with Crippen molar-refractivity contribution in [2.75, 3.05) is 11.1 Å². The average Bonchev–Trinajstić information content (AvgIpc) is 3.21. The summed E-state index contributed by atoms with van der Waals surface area (Å²) in [6, 6.07) is 1.26. The minimum atomic E-state index is -0.942. The van der Waals surface area contributed by atoms with Crippen molar-refractivity contribution in [3.05, 3.63) is 45.5 Å². The van der Waals surface area contributed by atoms with Gasteiger partial charge in [-0.2, -0.15) is 4.80 Å². The highest BCUT2D eigenvalue weighted by Crippen LogP contribution is 2.39. The van der Waals surface area contributed by atoms with E-state index in [2.05, 4.69) is 35.7 Å². The Labute approximate surface area is 207 Å². The Morgan fingerprint density at radius 2 is 2.08 bits per heavy atom. The van der Waals surface area contributed by atoms with Gasteiger partial charge in [0.15, 0.2) is 0 Å². The molecule has 0 bridgehead atoms. The van der Waals surface area contributed by atoms with Crippen LogP contribution in [0.25, 0.3) is 22.3 Å². The molecular formula is C21H20ClFN10O3. The molecule has 1 aromatic carbocycles. The molecule has 0 spiro atoms. The van der Waals surface area contributed by atoms with Crippen molar-refractivity contribution < 1.29 is 14.3 Å². The first-order chi connectivity index (χ1) is 17.2. The van der Waals surface area contributed by atoms with Gasteiger partial charge in [0, 0.05) is 6.04 Å². The van der Waals surface area contributed by atoms with E-state index in [1.54, 1.807) is 14.0 Å². The number of nitrogens with zero attached hydrogens (tertiary/aromatic N) is 8. The Bertz CT molecular complexity index is 1570. The number of carbonyl (C=O) groups is 1. The number of nitrogen functional groups attached to an aromatic ring is 1. The summed E-state index contributed by atoms with van der Waals surface area (Å²) in [5.41, 5.74) is 5.62. The molecule has 1 saturated carbocycles. The van der Waals surface area contributed by atoms with Gasteiger partial charge in [0.25, 0.3) is 5.56 Å².